The lowest BCUT2D eigenvalue weighted by Gasteiger charge is -2.28. The average molecular weight is 468 g/mol. The molecule has 174 valence electrons. The highest BCUT2D eigenvalue weighted by atomic mass is 32.1. The van der Waals surface area contributed by atoms with Gasteiger partial charge in [-0.3, -0.25) is 0 Å². The second-order valence-electron chi connectivity index (χ2n) is 9.10. The van der Waals surface area contributed by atoms with E-state index in [1.165, 1.54) is 39.1 Å². The molecule has 34 heavy (non-hydrogen) atoms. The van der Waals surface area contributed by atoms with Gasteiger partial charge in [-0.1, -0.05) is 72.3 Å². The summed E-state index contributed by atoms with van der Waals surface area (Å²) >= 11 is 5.96. The number of aryl methyl sites for hydroxylation is 4. The average Bonchev–Trinajstić information content (AvgIpc) is 3.25. The van der Waals surface area contributed by atoms with E-state index in [1.54, 1.807) is 0 Å². The molecule has 0 aliphatic rings. The van der Waals surface area contributed by atoms with Gasteiger partial charge >= 0.3 is 0 Å². The van der Waals surface area contributed by atoms with Crippen LogP contribution in [0, 0.1) is 27.7 Å². The Balaban J connectivity index is 1.59. The molecule has 0 aliphatic carbocycles. The third-order valence-corrected chi connectivity index (χ3v) is 6.69. The Hall–Kier alpha value is -3.37. The van der Waals surface area contributed by atoms with Crippen LogP contribution in [0.5, 0.6) is 0 Å². The molecule has 0 radical (unpaired) electrons. The third kappa shape index (κ3) is 5.75. The van der Waals surface area contributed by atoms with Crippen LogP contribution in [-0.4, -0.2) is 14.6 Å². The van der Waals surface area contributed by atoms with Crippen molar-refractivity contribution in [2.45, 2.75) is 47.3 Å². The molecule has 0 bridgehead atoms. The van der Waals surface area contributed by atoms with Crippen LogP contribution in [0.3, 0.4) is 0 Å². The van der Waals surface area contributed by atoms with Crippen molar-refractivity contribution < 1.29 is 0 Å². The minimum Gasteiger partial charge on any atom is -0.345 e. The zero-order valence-corrected chi connectivity index (χ0v) is 21.3. The highest BCUT2D eigenvalue weighted by Gasteiger charge is 2.16. The number of rotatable bonds is 7. The Morgan fingerprint density at radius 3 is 2.24 bits per heavy atom. The normalized spacial score (nSPS) is 10.8. The number of nitrogens with one attached hydrogen (secondary N) is 1. The van der Waals surface area contributed by atoms with Gasteiger partial charge in [-0.2, -0.15) is 0 Å². The first kappa shape index (κ1) is 23.8. The number of para-hydroxylation sites is 1. The Morgan fingerprint density at radius 2 is 1.53 bits per heavy atom. The number of thiocarbonyl (C=S) groups is 1. The minimum atomic E-state index is 0.726. The molecule has 0 amide bonds. The molecule has 0 saturated heterocycles. The highest BCUT2D eigenvalue weighted by molar-refractivity contribution is 7.80. The molecule has 4 rings (SSSR count). The monoisotopic (exact) mass is 467 g/mol. The number of hydrogen-bond donors (Lipinski definition) is 1. The van der Waals surface area contributed by atoms with Gasteiger partial charge in [0, 0.05) is 30.7 Å². The van der Waals surface area contributed by atoms with Gasteiger partial charge in [-0.25, -0.2) is 0 Å². The van der Waals surface area contributed by atoms with Gasteiger partial charge in [0.25, 0.3) is 0 Å². The molecule has 3 nitrogen and oxygen atoms in total. The SMILES string of the molecule is Cc1ccc(Cn2cccc2CN(Cc2ccccc2)C(=S)Nc2c(C)cccc2C)c(C)c1. The lowest BCUT2D eigenvalue weighted by atomic mass is 10.1. The number of nitrogens with zero attached hydrogens (tertiary/aromatic N) is 2. The summed E-state index contributed by atoms with van der Waals surface area (Å²) in [6, 6.07) is 27.9. The van der Waals surface area contributed by atoms with Crippen LogP contribution in [-0.2, 0) is 19.6 Å². The third-order valence-electron chi connectivity index (χ3n) is 6.33. The lowest BCUT2D eigenvalue weighted by Crippen LogP contribution is -2.35. The van der Waals surface area contributed by atoms with E-state index in [9.17, 15) is 0 Å². The summed E-state index contributed by atoms with van der Waals surface area (Å²) in [5.74, 6) is 0. The van der Waals surface area contributed by atoms with Gasteiger partial charge in [0.05, 0.1) is 6.54 Å². The van der Waals surface area contributed by atoms with Crippen LogP contribution in [0.15, 0.2) is 85.1 Å². The molecule has 0 spiro atoms. The van der Waals surface area contributed by atoms with Gasteiger partial charge in [-0.15, -0.1) is 0 Å². The maximum Gasteiger partial charge on any atom is 0.174 e. The van der Waals surface area contributed by atoms with Gasteiger partial charge in [-0.05, 0) is 79.9 Å². The van der Waals surface area contributed by atoms with E-state index >= 15 is 0 Å². The Morgan fingerprint density at radius 1 is 0.794 bits per heavy atom. The molecule has 1 N–H and O–H groups in total. The standard InChI is InChI=1S/C30H33N3S/c1-22-15-16-27(25(4)18-22)20-32-17-9-14-28(32)21-33(19-26-12-6-5-7-13-26)30(34)31-29-23(2)10-8-11-24(29)3/h5-18H,19-21H2,1-4H3,(H,31,34). The first-order chi connectivity index (χ1) is 16.4. The first-order valence-electron chi connectivity index (χ1n) is 11.8. The predicted octanol–water partition coefficient (Wildman–Crippen LogP) is 7.17. The van der Waals surface area contributed by atoms with Crippen molar-refractivity contribution in [3.8, 4) is 0 Å². The lowest BCUT2D eigenvalue weighted by molar-refractivity contribution is 0.399. The summed E-state index contributed by atoms with van der Waals surface area (Å²) < 4.78 is 2.33. The summed E-state index contributed by atoms with van der Waals surface area (Å²) in [5, 5.41) is 4.28. The molecule has 4 aromatic rings. The van der Waals surface area contributed by atoms with Crippen LogP contribution in [0.4, 0.5) is 5.69 Å². The zero-order chi connectivity index (χ0) is 24.1. The molecule has 1 heterocycles. The minimum absolute atomic E-state index is 0.726. The Labute approximate surface area is 209 Å². The molecule has 0 unspecified atom stereocenters. The molecular formula is C30H33N3S. The number of hydrogen-bond acceptors (Lipinski definition) is 1. The molecule has 0 atom stereocenters. The summed E-state index contributed by atoms with van der Waals surface area (Å²) in [5.41, 5.74) is 9.92. The quantitative estimate of drug-likeness (QED) is 0.291. The molecule has 1 aromatic heterocycles. The Kier molecular flexibility index (Phi) is 7.49. The van der Waals surface area contributed by atoms with Crippen molar-refractivity contribution in [2.75, 3.05) is 5.32 Å². The van der Waals surface area contributed by atoms with E-state index in [4.69, 9.17) is 12.2 Å². The van der Waals surface area contributed by atoms with Crippen molar-refractivity contribution >= 4 is 23.0 Å². The summed E-state index contributed by atoms with van der Waals surface area (Å²) in [4.78, 5) is 2.25. The van der Waals surface area contributed by atoms with E-state index in [0.29, 0.717) is 0 Å². The topological polar surface area (TPSA) is 20.2 Å². The van der Waals surface area contributed by atoms with E-state index in [0.717, 1.165) is 30.4 Å². The smallest absolute Gasteiger partial charge is 0.174 e. The maximum absolute atomic E-state index is 5.96. The van der Waals surface area contributed by atoms with Crippen LogP contribution in [0.2, 0.25) is 0 Å². The van der Waals surface area contributed by atoms with Crippen molar-refractivity contribution in [1.29, 1.82) is 0 Å². The first-order valence-corrected chi connectivity index (χ1v) is 12.2. The van der Waals surface area contributed by atoms with E-state index in [-0.39, 0.29) is 0 Å². The van der Waals surface area contributed by atoms with Crippen LogP contribution >= 0.6 is 12.2 Å². The maximum atomic E-state index is 5.96. The van der Waals surface area contributed by atoms with Gasteiger partial charge in [0.1, 0.15) is 0 Å². The van der Waals surface area contributed by atoms with Crippen LogP contribution < -0.4 is 5.32 Å². The van der Waals surface area contributed by atoms with Gasteiger partial charge in [0.15, 0.2) is 5.11 Å². The second-order valence-corrected chi connectivity index (χ2v) is 9.48. The fraction of sp³-hybridized carbons (Fsp3) is 0.233. The molecular weight excluding hydrogens is 434 g/mol. The highest BCUT2D eigenvalue weighted by Crippen LogP contribution is 2.22. The predicted molar refractivity (Wildman–Crippen MR) is 147 cm³/mol. The molecule has 0 fully saturated rings. The summed E-state index contributed by atoms with van der Waals surface area (Å²) in [7, 11) is 0. The van der Waals surface area contributed by atoms with E-state index in [2.05, 4.69) is 128 Å². The fourth-order valence-electron chi connectivity index (χ4n) is 4.35. The van der Waals surface area contributed by atoms with Crippen molar-refractivity contribution in [2.24, 2.45) is 0 Å². The zero-order valence-electron chi connectivity index (χ0n) is 20.5. The van der Waals surface area contributed by atoms with Crippen LogP contribution in [0.25, 0.3) is 0 Å². The second kappa shape index (κ2) is 10.7. The summed E-state index contributed by atoms with van der Waals surface area (Å²) in [6.07, 6.45) is 2.16. The Bertz CT molecular complexity index is 1250. The van der Waals surface area contributed by atoms with Crippen LogP contribution in [0.1, 0.15) is 39.1 Å². The number of anilines is 1. The van der Waals surface area contributed by atoms with Crippen molar-refractivity contribution in [1.82, 2.24) is 9.47 Å². The fourth-order valence-corrected chi connectivity index (χ4v) is 4.58. The van der Waals surface area contributed by atoms with E-state index < -0.39 is 0 Å². The largest absolute Gasteiger partial charge is 0.345 e. The van der Waals surface area contributed by atoms with Crippen molar-refractivity contribution in [3.63, 3.8) is 0 Å². The number of benzene rings is 3. The van der Waals surface area contributed by atoms with Crippen molar-refractivity contribution in [3.05, 3.63) is 124 Å². The molecule has 3 aromatic carbocycles. The molecule has 0 saturated carbocycles. The molecule has 4 heteroatoms. The summed E-state index contributed by atoms with van der Waals surface area (Å²) in [6.45, 7) is 10.9. The van der Waals surface area contributed by atoms with Gasteiger partial charge < -0.3 is 14.8 Å². The van der Waals surface area contributed by atoms with E-state index in [1.807, 2.05) is 0 Å². The van der Waals surface area contributed by atoms with Gasteiger partial charge in [0.2, 0.25) is 0 Å². The number of aromatic nitrogens is 1. The molecule has 0 aliphatic heterocycles.